The number of thioether (sulfide) groups is 1. The van der Waals surface area contributed by atoms with E-state index in [1.807, 2.05) is 11.8 Å². The summed E-state index contributed by atoms with van der Waals surface area (Å²) in [7, 11) is 0. The topological polar surface area (TPSA) is 53.4 Å². The molecule has 2 heterocycles. The van der Waals surface area contributed by atoms with Crippen LogP contribution < -0.4 is 4.90 Å². The molecule has 0 aromatic carbocycles. The molecule has 1 N–H and O–H groups in total. The molecule has 16 heavy (non-hydrogen) atoms. The highest BCUT2D eigenvalue weighted by Crippen LogP contribution is 2.30. The smallest absolute Gasteiger partial charge is 0.347 e. The molecular weight excluding hydrogens is 244 g/mol. The molecule has 0 saturated carbocycles. The van der Waals surface area contributed by atoms with Gasteiger partial charge in [-0.1, -0.05) is 25.2 Å². The van der Waals surface area contributed by atoms with Crippen molar-refractivity contribution in [1.29, 1.82) is 0 Å². The summed E-state index contributed by atoms with van der Waals surface area (Å²) in [4.78, 5) is 17.5. The normalized spacial score (nSPS) is 25.8. The van der Waals surface area contributed by atoms with Crippen LogP contribution in [0.1, 0.15) is 23.5 Å². The fourth-order valence-corrected chi connectivity index (χ4v) is 3.94. The van der Waals surface area contributed by atoms with E-state index in [4.69, 9.17) is 5.11 Å². The van der Waals surface area contributed by atoms with Gasteiger partial charge in [0.05, 0.1) is 6.20 Å². The zero-order chi connectivity index (χ0) is 11.7. The van der Waals surface area contributed by atoms with Crippen LogP contribution in [0.3, 0.4) is 0 Å². The highest BCUT2D eigenvalue weighted by atomic mass is 32.2. The van der Waals surface area contributed by atoms with Crippen molar-refractivity contribution in [3.05, 3.63) is 11.1 Å². The number of hydrogen-bond acceptors (Lipinski definition) is 5. The van der Waals surface area contributed by atoms with E-state index < -0.39 is 5.97 Å². The second kappa shape index (κ2) is 4.63. The van der Waals surface area contributed by atoms with E-state index in [0.29, 0.717) is 15.4 Å². The first kappa shape index (κ1) is 11.7. The number of nitrogens with zero attached hydrogens (tertiary/aromatic N) is 2. The third-order valence-electron chi connectivity index (χ3n) is 2.39. The van der Waals surface area contributed by atoms with Crippen LogP contribution in [0.25, 0.3) is 0 Å². The minimum atomic E-state index is -0.892. The summed E-state index contributed by atoms with van der Waals surface area (Å²) in [6.45, 7) is 6.28. The van der Waals surface area contributed by atoms with Crippen molar-refractivity contribution in [2.45, 2.75) is 24.3 Å². The van der Waals surface area contributed by atoms with Gasteiger partial charge in [-0.05, 0) is 0 Å². The SMILES string of the molecule is CC1CN(c2ncc(C(=O)O)s2)CC(C)S1. The number of carbonyl (C=O) groups is 1. The maximum absolute atomic E-state index is 10.8. The number of carboxylic acids is 1. The zero-order valence-electron chi connectivity index (χ0n) is 9.21. The second-order valence-corrected chi connectivity index (χ2v) is 6.87. The zero-order valence-corrected chi connectivity index (χ0v) is 10.8. The summed E-state index contributed by atoms with van der Waals surface area (Å²) >= 11 is 3.23. The van der Waals surface area contributed by atoms with Gasteiger partial charge in [-0.2, -0.15) is 11.8 Å². The summed E-state index contributed by atoms with van der Waals surface area (Å²) < 4.78 is 0. The molecule has 0 amide bonds. The van der Waals surface area contributed by atoms with Crippen LogP contribution in [-0.2, 0) is 0 Å². The summed E-state index contributed by atoms with van der Waals surface area (Å²) in [6, 6.07) is 0. The number of hydrogen-bond donors (Lipinski definition) is 1. The minimum Gasteiger partial charge on any atom is -0.477 e. The van der Waals surface area contributed by atoms with E-state index in [-0.39, 0.29) is 0 Å². The average Bonchev–Trinajstić information content (AvgIpc) is 2.64. The molecule has 0 bridgehead atoms. The van der Waals surface area contributed by atoms with Crippen LogP contribution in [-0.4, -0.2) is 39.6 Å². The Balaban J connectivity index is 2.13. The summed E-state index contributed by atoms with van der Waals surface area (Å²) in [5.41, 5.74) is 0. The molecule has 1 aromatic rings. The summed E-state index contributed by atoms with van der Waals surface area (Å²) in [5, 5.41) is 10.8. The van der Waals surface area contributed by atoms with Crippen LogP contribution >= 0.6 is 23.1 Å². The maximum Gasteiger partial charge on any atom is 0.347 e. The van der Waals surface area contributed by atoms with Gasteiger partial charge in [0, 0.05) is 23.6 Å². The van der Waals surface area contributed by atoms with Gasteiger partial charge in [0.1, 0.15) is 4.88 Å². The Kier molecular flexibility index (Phi) is 3.39. The predicted molar refractivity (Wildman–Crippen MR) is 67.8 cm³/mol. The molecule has 1 saturated heterocycles. The molecule has 1 aromatic heterocycles. The molecule has 4 nitrogen and oxygen atoms in total. The predicted octanol–water partition coefficient (Wildman–Crippen LogP) is 2.17. The van der Waals surface area contributed by atoms with E-state index in [0.717, 1.165) is 18.2 Å². The van der Waals surface area contributed by atoms with Crippen molar-refractivity contribution in [3.63, 3.8) is 0 Å². The van der Waals surface area contributed by atoms with E-state index in [1.165, 1.54) is 17.5 Å². The maximum atomic E-state index is 10.8. The Morgan fingerprint density at radius 3 is 2.62 bits per heavy atom. The molecule has 0 spiro atoms. The lowest BCUT2D eigenvalue weighted by molar-refractivity contribution is 0.0702. The standard InChI is InChI=1S/C10H14N2O2S2/c1-6-4-12(5-7(2)15-6)10-11-3-8(16-10)9(13)14/h3,6-7H,4-5H2,1-2H3,(H,13,14). The van der Waals surface area contributed by atoms with Crippen LogP contribution in [0.4, 0.5) is 5.13 Å². The summed E-state index contributed by atoms with van der Waals surface area (Å²) in [5.74, 6) is -0.892. The van der Waals surface area contributed by atoms with E-state index in [1.54, 1.807) is 0 Å². The third kappa shape index (κ3) is 2.49. The first-order valence-corrected chi connectivity index (χ1v) is 6.91. The number of rotatable bonds is 2. The molecule has 1 aliphatic heterocycles. The average molecular weight is 258 g/mol. The van der Waals surface area contributed by atoms with Crippen LogP contribution in [0.2, 0.25) is 0 Å². The van der Waals surface area contributed by atoms with Gasteiger partial charge in [0.25, 0.3) is 0 Å². The van der Waals surface area contributed by atoms with Gasteiger partial charge >= 0.3 is 5.97 Å². The molecule has 6 heteroatoms. The number of carboxylic acid groups (broad SMARTS) is 1. The largest absolute Gasteiger partial charge is 0.477 e. The van der Waals surface area contributed by atoms with Crippen molar-refractivity contribution in [3.8, 4) is 0 Å². The number of thiazole rings is 1. The van der Waals surface area contributed by atoms with Gasteiger partial charge < -0.3 is 10.0 Å². The molecule has 88 valence electrons. The highest BCUT2D eigenvalue weighted by molar-refractivity contribution is 8.00. The van der Waals surface area contributed by atoms with E-state index >= 15 is 0 Å². The van der Waals surface area contributed by atoms with Crippen molar-refractivity contribution >= 4 is 34.2 Å². The lowest BCUT2D eigenvalue weighted by Gasteiger charge is -2.34. The number of anilines is 1. The first-order valence-electron chi connectivity index (χ1n) is 5.16. The van der Waals surface area contributed by atoms with E-state index in [2.05, 4.69) is 23.7 Å². The van der Waals surface area contributed by atoms with Crippen molar-refractivity contribution < 1.29 is 9.90 Å². The van der Waals surface area contributed by atoms with Gasteiger partial charge in [0.15, 0.2) is 5.13 Å². The van der Waals surface area contributed by atoms with Crippen LogP contribution in [0.15, 0.2) is 6.20 Å². The molecule has 0 radical (unpaired) electrons. The molecule has 1 aliphatic rings. The quantitative estimate of drug-likeness (QED) is 0.881. The number of aromatic nitrogens is 1. The fraction of sp³-hybridized carbons (Fsp3) is 0.600. The first-order chi connectivity index (χ1) is 7.56. The van der Waals surface area contributed by atoms with Gasteiger partial charge in [-0.3, -0.25) is 0 Å². The Bertz CT molecular complexity index is 384. The van der Waals surface area contributed by atoms with Crippen molar-refractivity contribution in [2.24, 2.45) is 0 Å². The van der Waals surface area contributed by atoms with Crippen molar-refractivity contribution in [2.75, 3.05) is 18.0 Å². The molecular formula is C10H14N2O2S2. The van der Waals surface area contributed by atoms with Gasteiger partial charge in [0.2, 0.25) is 0 Å². The molecule has 2 rings (SSSR count). The van der Waals surface area contributed by atoms with Gasteiger partial charge in [-0.25, -0.2) is 9.78 Å². The second-order valence-electron chi connectivity index (χ2n) is 3.97. The molecule has 1 fully saturated rings. The monoisotopic (exact) mass is 258 g/mol. The van der Waals surface area contributed by atoms with Gasteiger partial charge in [-0.15, -0.1) is 0 Å². The number of aromatic carboxylic acids is 1. The third-order valence-corrected chi connectivity index (χ3v) is 4.67. The highest BCUT2D eigenvalue weighted by Gasteiger charge is 2.24. The Morgan fingerprint density at radius 2 is 2.12 bits per heavy atom. The Labute approximate surface area is 103 Å². The lowest BCUT2D eigenvalue weighted by Crippen LogP contribution is -2.40. The van der Waals surface area contributed by atoms with Crippen LogP contribution in [0, 0.1) is 0 Å². The Morgan fingerprint density at radius 1 is 1.50 bits per heavy atom. The molecule has 2 atom stereocenters. The molecule has 0 aliphatic carbocycles. The van der Waals surface area contributed by atoms with E-state index in [9.17, 15) is 4.79 Å². The Hall–Kier alpha value is -0.750. The van der Waals surface area contributed by atoms with Crippen molar-refractivity contribution in [1.82, 2.24) is 4.98 Å². The minimum absolute atomic E-state index is 0.313. The summed E-state index contributed by atoms with van der Waals surface area (Å²) in [6.07, 6.45) is 1.44. The van der Waals surface area contributed by atoms with Crippen LogP contribution in [0.5, 0.6) is 0 Å². The fourth-order valence-electron chi connectivity index (χ4n) is 1.84. The lowest BCUT2D eigenvalue weighted by atomic mass is 10.3. The molecule has 2 unspecified atom stereocenters.